The number of aryl methyl sites for hydroxylation is 1. The largest absolute Gasteiger partial charge is 0.508 e. The summed E-state index contributed by atoms with van der Waals surface area (Å²) >= 11 is 1.58. The number of nitrogens with zero attached hydrogens (tertiary/aromatic N) is 2. The van der Waals surface area contributed by atoms with Crippen molar-refractivity contribution in [2.24, 2.45) is 0 Å². The molecule has 2 heterocycles. The SMILES string of the molecule is Cc1ncsc1-c1ccc(CN2CC[C@@H](O)C2)c(O)c1. The number of aliphatic hydroxyl groups is 1. The maximum Gasteiger partial charge on any atom is 0.120 e. The number of aromatic hydroxyl groups is 1. The van der Waals surface area contributed by atoms with Crippen LogP contribution < -0.4 is 0 Å². The van der Waals surface area contributed by atoms with Crippen molar-refractivity contribution >= 4 is 11.3 Å². The van der Waals surface area contributed by atoms with E-state index in [1.165, 1.54) is 0 Å². The molecule has 4 nitrogen and oxygen atoms in total. The van der Waals surface area contributed by atoms with E-state index >= 15 is 0 Å². The van der Waals surface area contributed by atoms with Crippen LogP contribution in [-0.4, -0.2) is 39.3 Å². The van der Waals surface area contributed by atoms with Gasteiger partial charge in [0.25, 0.3) is 0 Å². The summed E-state index contributed by atoms with van der Waals surface area (Å²) in [5.74, 6) is 0.316. The first kappa shape index (κ1) is 13.5. The molecule has 1 aromatic heterocycles. The summed E-state index contributed by atoms with van der Waals surface area (Å²) < 4.78 is 0. The summed E-state index contributed by atoms with van der Waals surface area (Å²) in [7, 11) is 0. The number of β-amino-alcohol motifs (C(OH)–C–C–N with tert-alkyl or cyclic N) is 1. The maximum atomic E-state index is 10.2. The molecule has 1 aromatic carbocycles. The van der Waals surface area contributed by atoms with Gasteiger partial charge >= 0.3 is 0 Å². The Morgan fingerprint density at radius 1 is 1.45 bits per heavy atom. The van der Waals surface area contributed by atoms with Crippen molar-refractivity contribution < 1.29 is 10.2 Å². The molecule has 0 saturated carbocycles. The molecule has 0 spiro atoms. The summed E-state index contributed by atoms with van der Waals surface area (Å²) in [5, 5.41) is 19.7. The predicted octanol–water partition coefficient (Wildman–Crippen LogP) is 2.39. The molecular formula is C15H18N2O2S. The topological polar surface area (TPSA) is 56.6 Å². The molecule has 1 fully saturated rings. The smallest absolute Gasteiger partial charge is 0.120 e. The first-order valence-electron chi connectivity index (χ1n) is 6.76. The fourth-order valence-corrected chi connectivity index (χ4v) is 3.42. The summed E-state index contributed by atoms with van der Waals surface area (Å²) in [5.41, 5.74) is 4.73. The van der Waals surface area contributed by atoms with Crippen LogP contribution in [-0.2, 0) is 6.54 Å². The molecule has 0 unspecified atom stereocenters. The van der Waals surface area contributed by atoms with Gasteiger partial charge < -0.3 is 10.2 Å². The molecule has 0 amide bonds. The lowest BCUT2D eigenvalue weighted by Gasteiger charge is -2.16. The zero-order chi connectivity index (χ0) is 14.1. The molecule has 0 aliphatic carbocycles. The second-order valence-electron chi connectivity index (χ2n) is 5.29. The number of hydrogen-bond acceptors (Lipinski definition) is 5. The number of benzene rings is 1. The third-order valence-corrected chi connectivity index (χ3v) is 4.71. The van der Waals surface area contributed by atoms with Gasteiger partial charge in [-0.3, -0.25) is 4.90 Å². The van der Waals surface area contributed by atoms with Gasteiger partial charge in [0, 0.05) is 25.2 Å². The van der Waals surface area contributed by atoms with Gasteiger partial charge in [-0.2, -0.15) is 0 Å². The zero-order valence-corrected chi connectivity index (χ0v) is 12.2. The average Bonchev–Trinajstić information content (AvgIpc) is 3.01. The second-order valence-corrected chi connectivity index (χ2v) is 6.14. The zero-order valence-electron chi connectivity index (χ0n) is 11.4. The quantitative estimate of drug-likeness (QED) is 0.911. The highest BCUT2D eigenvalue weighted by molar-refractivity contribution is 7.13. The normalized spacial score (nSPS) is 19.6. The number of thiazole rings is 1. The number of likely N-dealkylation sites (tertiary alicyclic amines) is 1. The summed E-state index contributed by atoms with van der Waals surface area (Å²) in [6, 6.07) is 5.80. The molecule has 0 radical (unpaired) electrons. The van der Waals surface area contributed by atoms with E-state index in [2.05, 4.69) is 9.88 Å². The Kier molecular flexibility index (Phi) is 3.74. The third-order valence-electron chi connectivity index (χ3n) is 3.73. The Bertz CT molecular complexity index is 612. The number of rotatable bonds is 3. The lowest BCUT2D eigenvalue weighted by Crippen LogP contribution is -2.21. The van der Waals surface area contributed by atoms with Crippen molar-refractivity contribution in [3.05, 3.63) is 35.0 Å². The van der Waals surface area contributed by atoms with Crippen LogP contribution in [0.2, 0.25) is 0 Å². The summed E-state index contributed by atoms with van der Waals surface area (Å²) in [6.45, 7) is 4.23. The molecule has 1 atom stereocenters. The highest BCUT2D eigenvalue weighted by Gasteiger charge is 2.21. The van der Waals surface area contributed by atoms with Gasteiger partial charge in [-0.05, 0) is 25.0 Å². The first-order chi connectivity index (χ1) is 9.63. The van der Waals surface area contributed by atoms with E-state index in [9.17, 15) is 10.2 Å². The van der Waals surface area contributed by atoms with Crippen molar-refractivity contribution in [3.63, 3.8) is 0 Å². The van der Waals surface area contributed by atoms with E-state index in [-0.39, 0.29) is 6.10 Å². The number of hydrogen-bond donors (Lipinski definition) is 2. The van der Waals surface area contributed by atoms with Crippen LogP contribution in [0.5, 0.6) is 5.75 Å². The van der Waals surface area contributed by atoms with Crippen LogP contribution in [0.25, 0.3) is 10.4 Å². The van der Waals surface area contributed by atoms with Gasteiger partial charge in [0.15, 0.2) is 0 Å². The van der Waals surface area contributed by atoms with Crippen LogP contribution in [0.4, 0.5) is 0 Å². The van der Waals surface area contributed by atoms with Crippen molar-refractivity contribution in [3.8, 4) is 16.2 Å². The molecule has 2 N–H and O–H groups in total. The lowest BCUT2D eigenvalue weighted by atomic mass is 10.1. The van der Waals surface area contributed by atoms with Gasteiger partial charge in [0.2, 0.25) is 0 Å². The van der Waals surface area contributed by atoms with E-state index in [1.54, 1.807) is 11.3 Å². The van der Waals surface area contributed by atoms with E-state index < -0.39 is 0 Å². The van der Waals surface area contributed by atoms with Gasteiger partial charge in [-0.25, -0.2) is 4.98 Å². The first-order valence-corrected chi connectivity index (χ1v) is 7.64. The highest BCUT2D eigenvalue weighted by Crippen LogP contribution is 2.32. The summed E-state index contributed by atoms with van der Waals surface area (Å²) in [4.78, 5) is 7.50. The van der Waals surface area contributed by atoms with Crippen molar-refractivity contribution in [1.29, 1.82) is 0 Å². The molecule has 0 bridgehead atoms. The fraction of sp³-hybridized carbons (Fsp3) is 0.400. The highest BCUT2D eigenvalue weighted by atomic mass is 32.1. The van der Waals surface area contributed by atoms with Crippen LogP contribution >= 0.6 is 11.3 Å². The Labute approximate surface area is 122 Å². The number of phenolic OH excluding ortho intramolecular Hbond substituents is 1. The van der Waals surface area contributed by atoms with E-state index in [0.717, 1.165) is 34.7 Å². The van der Waals surface area contributed by atoms with Crippen LogP contribution in [0, 0.1) is 6.92 Å². The minimum absolute atomic E-state index is 0.226. The molecule has 2 aromatic rings. The molecule has 106 valence electrons. The minimum atomic E-state index is -0.226. The Balaban J connectivity index is 1.79. The Hall–Kier alpha value is -1.43. The van der Waals surface area contributed by atoms with Crippen molar-refractivity contribution in [2.75, 3.05) is 13.1 Å². The Morgan fingerprint density at radius 2 is 2.30 bits per heavy atom. The van der Waals surface area contributed by atoms with E-state index in [1.807, 2.05) is 30.6 Å². The lowest BCUT2D eigenvalue weighted by molar-refractivity contribution is 0.174. The number of aliphatic hydroxyl groups excluding tert-OH is 1. The molecular weight excluding hydrogens is 272 g/mol. The van der Waals surface area contributed by atoms with Gasteiger partial charge in [-0.1, -0.05) is 12.1 Å². The predicted molar refractivity (Wildman–Crippen MR) is 79.9 cm³/mol. The fourth-order valence-electron chi connectivity index (χ4n) is 2.61. The number of phenols is 1. The van der Waals surface area contributed by atoms with Crippen molar-refractivity contribution in [1.82, 2.24) is 9.88 Å². The van der Waals surface area contributed by atoms with Gasteiger partial charge in [0.1, 0.15) is 5.75 Å². The molecule has 5 heteroatoms. The van der Waals surface area contributed by atoms with Crippen LogP contribution in [0.1, 0.15) is 17.7 Å². The van der Waals surface area contributed by atoms with E-state index in [0.29, 0.717) is 18.8 Å². The van der Waals surface area contributed by atoms with Gasteiger partial charge in [-0.15, -0.1) is 11.3 Å². The molecule has 20 heavy (non-hydrogen) atoms. The molecule has 3 rings (SSSR count). The molecule has 1 saturated heterocycles. The molecule has 1 aliphatic heterocycles. The number of aromatic nitrogens is 1. The minimum Gasteiger partial charge on any atom is -0.508 e. The van der Waals surface area contributed by atoms with Crippen LogP contribution in [0.15, 0.2) is 23.7 Å². The second kappa shape index (κ2) is 5.52. The van der Waals surface area contributed by atoms with Crippen LogP contribution in [0.3, 0.4) is 0 Å². The maximum absolute atomic E-state index is 10.2. The van der Waals surface area contributed by atoms with E-state index in [4.69, 9.17) is 0 Å². The Morgan fingerprint density at radius 3 is 2.90 bits per heavy atom. The van der Waals surface area contributed by atoms with Gasteiger partial charge in [0.05, 0.1) is 22.2 Å². The monoisotopic (exact) mass is 290 g/mol. The molecule has 1 aliphatic rings. The average molecular weight is 290 g/mol. The summed E-state index contributed by atoms with van der Waals surface area (Å²) in [6.07, 6.45) is 0.593. The third kappa shape index (κ3) is 2.70. The standard InChI is InChI=1S/C15H18N2O2S/c1-10-15(20-9-16-10)11-2-3-12(14(19)6-11)7-17-5-4-13(18)8-17/h2-3,6,9,13,18-19H,4-5,7-8H2,1H3/t13-/m1/s1. The van der Waals surface area contributed by atoms with Crippen molar-refractivity contribution in [2.45, 2.75) is 26.0 Å².